The number of anilines is 1. The molecule has 1 saturated carbocycles. The van der Waals surface area contributed by atoms with Crippen molar-refractivity contribution in [3.05, 3.63) is 23.9 Å². The van der Waals surface area contributed by atoms with Crippen molar-refractivity contribution in [3.8, 4) is 0 Å². The lowest BCUT2D eigenvalue weighted by molar-refractivity contribution is -0.146. The van der Waals surface area contributed by atoms with Gasteiger partial charge in [-0.15, -0.1) is 0 Å². The van der Waals surface area contributed by atoms with Crippen molar-refractivity contribution in [1.82, 2.24) is 4.98 Å². The van der Waals surface area contributed by atoms with Crippen molar-refractivity contribution in [2.75, 3.05) is 12.4 Å². The van der Waals surface area contributed by atoms with Gasteiger partial charge < -0.3 is 10.1 Å². The maximum atomic E-state index is 11.4. The summed E-state index contributed by atoms with van der Waals surface area (Å²) in [7, 11) is 1.46. The number of carbonyl (C=O) groups is 1. The van der Waals surface area contributed by atoms with Crippen molar-refractivity contribution < 1.29 is 9.53 Å². The number of carbonyl (C=O) groups excluding carboxylic acids is 1. The lowest BCUT2D eigenvalue weighted by Crippen LogP contribution is -2.30. The van der Waals surface area contributed by atoms with Crippen LogP contribution in [0.2, 0.25) is 0 Å². The van der Waals surface area contributed by atoms with Crippen LogP contribution in [0, 0.1) is 12.8 Å². The van der Waals surface area contributed by atoms with E-state index in [9.17, 15) is 4.79 Å². The van der Waals surface area contributed by atoms with Crippen molar-refractivity contribution in [2.45, 2.75) is 38.6 Å². The molecule has 18 heavy (non-hydrogen) atoms. The topological polar surface area (TPSA) is 51.2 Å². The number of ether oxygens (including phenoxy) is 1. The smallest absolute Gasteiger partial charge is 0.308 e. The Balaban J connectivity index is 1.87. The van der Waals surface area contributed by atoms with Crippen LogP contribution in [0.3, 0.4) is 0 Å². The zero-order valence-electron chi connectivity index (χ0n) is 11.0. The van der Waals surface area contributed by atoms with Crippen LogP contribution in [-0.4, -0.2) is 24.1 Å². The summed E-state index contributed by atoms with van der Waals surface area (Å²) in [5.41, 5.74) is 1.16. The summed E-state index contributed by atoms with van der Waals surface area (Å²) in [4.78, 5) is 15.8. The van der Waals surface area contributed by atoms with Gasteiger partial charge in [-0.3, -0.25) is 4.79 Å². The molecule has 0 atom stereocenters. The molecule has 4 heteroatoms. The number of aromatic nitrogens is 1. The summed E-state index contributed by atoms with van der Waals surface area (Å²) in [5, 5.41) is 3.46. The number of rotatable bonds is 3. The number of nitrogens with zero attached hydrogens (tertiary/aromatic N) is 1. The Morgan fingerprint density at radius 3 is 2.72 bits per heavy atom. The third-order valence-electron chi connectivity index (χ3n) is 3.61. The first kappa shape index (κ1) is 12.9. The molecular weight excluding hydrogens is 228 g/mol. The number of nitrogens with one attached hydrogen (secondary N) is 1. The van der Waals surface area contributed by atoms with E-state index in [-0.39, 0.29) is 11.9 Å². The maximum absolute atomic E-state index is 11.4. The highest BCUT2D eigenvalue weighted by Crippen LogP contribution is 2.27. The quantitative estimate of drug-likeness (QED) is 0.835. The molecule has 0 saturated heterocycles. The molecule has 0 amide bonds. The predicted molar refractivity (Wildman–Crippen MR) is 70.4 cm³/mol. The van der Waals surface area contributed by atoms with Gasteiger partial charge >= 0.3 is 5.97 Å². The summed E-state index contributed by atoms with van der Waals surface area (Å²) < 4.78 is 4.79. The van der Waals surface area contributed by atoms with Gasteiger partial charge in [0.05, 0.1) is 13.0 Å². The molecule has 98 valence electrons. The Morgan fingerprint density at radius 1 is 1.39 bits per heavy atom. The molecule has 1 aliphatic carbocycles. The Hall–Kier alpha value is -1.58. The van der Waals surface area contributed by atoms with Gasteiger partial charge in [-0.05, 0) is 44.2 Å². The minimum Gasteiger partial charge on any atom is -0.469 e. The molecule has 1 N–H and O–H groups in total. The van der Waals surface area contributed by atoms with Crippen LogP contribution in [0.15, 0.2) is 18.3 Å². The molecule has 0 aliphatic heterocycles. The van der Waals surface area contributed by atoms with Crippen LogP contribution in [-0.2, 0) is 9.53 Å². The number of hydrogen-bond acceptors (Lipinski definition) is 4. The van der Waals surface area contributed by atoms with E-state index in [1.54, 1.807) is 6.20 Å². The zero-order chi connectivity index (χ0) is 13.0. The SMILES string of the molecule is COC(=O)C1CCC(Nc2ncccc2C)CC1. The van der Waals surface area contributed by atoms with Crippen LogP contribution in [0.4, 0.5) is 5.82 Å². The maximum Gasteiger partial charge on any atom is 0.308 e. The normalized spacial score (nSPS) is 23.4. The highest BCUT2D eigenvalue weighted by Gasteiger charge is 2.26. The molecule has 2 rings (SSSR count). The van der Waals surface area contributed by atoms with E-state index in [0.29, 0.717) is 6.04 Å². The molecular formula is C14H20N2O2. The van der Waals surface area contributed by atoms with Gasteiger partial charge in [-0.1, -0.05) is 6.07 Å². The molecule has 4 nitrogen and oxygen atoms in total. The molecule has 1 aliphatic rings. The molecule has 1 aromatic heterocycles. The summed E-state index contributed by atoms with van der Waals surface area (Å²) in [6, 6.07) is 4.41. The lowest BCUT2D eigenvalue weighted by Gasteiger charge is -2.28. The van der Waals surface area contributed by atoms with Gasteiger partial charge in [-0.25, -0.2) is 4.98 Å². The van der Waals surface area contributed by atoms with Crippen LogP contribution in [0.1, 0.15) is 31.2 Å². The molecule has 1 heterocycles. The van der Waals surface area contributed by atoms with E-state index < -0.39 is 0 Å². The molecule has 0 bridgehead atoms. The highest BCUT2D eigenvalue weighted by atomic mass is 16.5. The molecule has 1 fully saturated rings. The first-order chi connectivity index (χ1) is 8.70. The minimum absolute atomic E-state index is 0.0672. The van der Waals surface area contributed by atoms with E-state index >= 15 is 0 Å². The number of aryl methyl sites for hydroxylation is 1. The van der Waals surface area contributed by atoms with Gasteiger partial charge in [-0.2, -0.15) is 0 Å². The van der Waals surface area contributed by atoms with Crippen molar-refractivity contribution >= 4 is 11.8 Å². The number of methoxy groups -OCH3 is 1. The number of pyridine rings is 1. The summed E-state index contributed by atoms with van der Waals surface area (Å²) in [6.45, 7) is 2.05. The van der Waals surface area contributed by atoms with Crippen molar-refractivity contribution in [1.29, 1.82) is 0 Å². The first-order valence-electron chi connectivity index (χ1n) is 6.46. The van der Waals surface area contributed by atoms with Gasteiger partial charge in [0.2, 0.25) is 0 Å². The van der Waals surface area contributed by atoms with Crippen LogP contribution in [0.25, 0.3) is 0 Å². The number of esters is 1. The van der Waals surface area contributed by atoms with E-state index in [1.165, 1.54) is 7.11 Å². The summed E-state index contributed by atoms with van der Waals surface area (Å²) in [5.74, 6) is 0.972. The number of hydrogen-bond donors (Lipinski definition) is 1. The Labute approximate surface area is 108 Å². The van der Waals surface area contributed by atoms with Crippen LogP contribution < -0.4 is 5.32 Å². The monoisotopic (exact) mass is 248 g/mol. The third kappa shape index (κ3) is 3.00. The average Bonchev–Trinajstić information content (AvgIpc) is 2.41. The second-order valence-corrected chi connectivity index (χ2v) is 4.88. The summed E-state index contributed by atoms with van der Waals surface area (Å²) >= 11 is 0. The van der Waals surface area contributed by atoms with Crippen molar-refractivity contribution in [3.63, 3.8) is 0 Å². The predicted octanol–water partition coefficient (Wildman–Crippen LogP) is 2.53. The van der Waals surface area contributed by atoms with E-state index in [4.69, 9.17) is 4.74 Å². The fraction of sp³-hybridized carbons (Fsp3) is 0.571. The van der Waals surface area contributed by atoms with Gasteiger partial charge in [0.15, 0.2) is 0 Å². The molecule has 0 spiro atoms. The molecule has 0 aromatic carbocycles. The van der Waals surface area contributed by atoms with E-state index in [0.717, 1.165) is 37.1 Å². The first-order valence-corrected chi connectivity index (χ1v) is 6.46. The minimum atomic E-state index is -0.0672. The van der Waals surface area contributed by atoms with Crippen LogP contribution >= 0.6 is 0 Å². The standard InChI is InChI=1S/C14H20N2O2/c1-10-4-3-9-15-13(10)16-12-7-5-11(6-8-12)14(17)18-2/h3-4,9,11-12H,5-8H2,1-2H3,(H,15,16). The van der Waals surface area contributed by atoms with Crippen LogP contribution in [0.5, 0.6) is 0 Å². The van der Waals surface area contributed by atoms with Crippen molar-refractivity contribution in [2.24, 2.45) is 5.92 Å². The highest BCUT2D eigenvalue weighted by molar-refractivity contribution is 5.72. The van der Waals surface area contributed by atoms with E-state index in [2.05, 4.69) is 23.3 Å². The second kappa shape index (κ2) is 5.85. The average molecular weight is 248 g/mol. The fourth-order valence-corrected chi connectivity index (χ4v) is 2.47. The van der Waals surface area contributed by atoms with E-state index in [1.807, 2.05) is 6.07 Å². The second-order valence-electron chi connectivity index (χ2n) is 4.88. The zero-order valence-corrected chi connectivity index (χ0v) is 11.0. The van der Waals surface area contributed by atoms with Gasteiger partial charge in [0.25, 0.3) is 0 Å². The fourth-order valence-electron chi connectivity index (χ4n) is 2.47. The molecule has 1 aromatic rings. The largest absolute Gasteiger partial charge is 0.469 e. The molecule has 0 unspecified atom stereocenters. The Kier molecular flexibility index (Phi) is 4.18. The van der Waals surface area contributed by atoms with Gasteiger partial charge in [0.1, 0.15) is 5.82 Å². The third-order valence-corrected chi connectivity index (χ3v) is 3.61. The van der Waals surface area contributed by atoms with Gasteiger partial charge in [0, 0.05) is 12.2 Å². The Morgan fingerprint density at radius 2 is 2.11 bits per heavy atom. The lowest BCUT2D eigenvalue weighted by atomic mass is 9.86. The summed E-state index contributed by atoms with van der Waals surface area (Å²) in [6.07, 6.45) is 5.59. The molecule has 0 radical (unpaired) electrons. The Bertz CT molecular complexity index is 412.